The molecule has 0 atom stereocenters. The van der Waals surface area contributed by atoms with Gasteiger partial charge in [-0.15, -0.1) is 0 Å². The molecule has 0 amide bonds. The predicted octanol–water partition coefficient (Wildman–Crippen LogP) is 5.07. The normalized spacial score (nSPS) is 17.0. The molecule has 1 spiro atoms. The van der Waals surface area contributed by atoms with E-state index in [4.69, 9.17) is 4.98 Å². The Morgan fingerprint density at radius 3 is 2.71 bits per heavy atom. The van der Waals surface area contributed by atoms with Crippen LogP contribution in [0.15, 0.2) is 66.9 Å². The number of aromatic hydroxyl groups is 1. The molecule has 0 bridgehead atoms. The van der Waals surface area contributed by atoms with Crippen LogP contribution in [0.3, 0.4) is 0 Å². The minimum Gasteiger partial charge on any atom is -0.508 e. The molecule has 7 rings (SSSR count). The zero-order chi connectivity index (χ0) is 26.0. The van der Waals surface area contributed by atoms with Crippen molar-refractivity contribution in [2.45, 2.75) is 18.8 Å². The van der Waals surface area contributed by atoms with Crippen LogP contribution in [0.5, 0.6) is 5.75 Å². The second-order valence-electron chi connectivity index (χ2n) is 11.1. The highest BCUT2D eigenvalue weighted by Crippen LogP contribution is 2.56. The van der Waals surface area contributed by atoms with E-state index in [0.717, 1.165) is 75.9 Å². The van der Waals surface area contributed by atoms with Gasteiger partial charge in [-0.3, -0.25) is 9.58 Å². The van der Waals surface area contributed by atoms with Crippen LogP contribution in [0, 0.1) is 5.41 Å². The van der Waals surface area contributed by atoms with Gasteiger partial charge in [-0.05, 0) is 53.3 Å². The average molecular weight is 504 g/mol. The van der Waals surface area contributed by atoms with Crippen LogP contribution in [0.1, 0.15) is 24.6 Å². The third-order valence-corrected chi connectivity index (χ3v) is 8.53. The number of imidazole rings is 1. The number of benzene rings is 3. The summed E-state index contributed by atoms with van der Waals surface area (Å²) < 4.78 is 4.13. The Morgan fingerprint density at radius 1 is 1.08 bits per heavy atom. The van der Waals surface area contributed by atoms with Crippen molar-refractivity contribution in [1.29, 1.82) is 0 Å². The maximum Gasteiger partial charge on any atom is 0.121 e. The number of rotatable bonds is 5. The van der Waals surface area contributed by atoms with Crippen LogP contribution < -0.4 is 0 Å². The minimum atomic E-state index is 0.247. The largest absolute Gasteiger partial charge is 0.508 e. The topological polar surface area (TPSA) is 76.2 Å². The van der Waals surface area contributed by atoms with Gasteiger partial charge in [-0.2, -0.15) is 5.10 Å². The van der Waals surface area contributed by atoms with Crippen molar-refractivity contribution in [3.8, 4) is 28.3 Å². The molecule has 1 saturated carbocycles. The van der Waals surface area contributed by atoms with Crippen molar-refractivity contribution < 1.29 is 9.90 Å². The van der Waals surface area contributed by atoms with Gasteiger partial charge >= 0.3 is 0 Å². The molecule has 7 heteroatoms. The molecule has 0 unspecified atom stereocenters. The van der Waals surface area contributed by atoms with Gasteiger partial charge in [-0.25, -0.2) is 9.78 Å². The number of hydrogen-bond acceptors (Lipinski definition) is 5. The molecule has 1 saturated heterocycles. The molecule has 3 heterocycles. The number of carbonyl (C=O) groups excluding carboxylic acids is 1. The number of phenolic OH excluding ortho intramolecular Hbond substituents is 1. The minimum absolute atomic E-state index is 0.247. The second kappa shape index (κ2) is 8.42. The molecule has 1 aliphatic heterocycles. The monoisotopic (exact) mass is 503 g/mol. The number of aromatic nitrogens is 4. The fourth-order valence-electron chi connectivity index (χ4n) is 6.82. The molecule has 0 radical (unpaired) electrons. The quantitative estimate of drug-likeness (QED) is 0.339. The lowest BCUT2D eigenvalue weighted by atomic mass is 9.57. The zero-order valence-corrected chi connectivity index (χ0v) is 21.6. The molecule has 3 aromatic carbocycles. The van der Waals surface area contributed by atoms with Gasteiger partial charge in [-0.1, -0.05) is 30.3 Å². The lowest BCUT2D eigenvalue weighted by Gasteiger charge is -2.58. The molecular weight excluding hydrogens is 474 g/mol. The first kappa shape index (κ1) is 23.0. The fraction of sp³-hybridized carbons (Fsp3) is 0.290. The summed E-state index contributed by atoms with van der Waals surface area (Å²) in [6.07, 6.45) is 5.66. The fourth-order valence-corrected chi connectivity index (χ4v) is 6.82. The number of nitrogens with zero attached hydrogens (tertiary/aromatic N) is 5. The Hall–Kier alpha value is -4.19. The standard InChI is InChI=1S/C31H29N5O2/c1-34-29(26-14-24(38)13-20-6-3-4-7-25(20)26)28(21-8-9-27-22(12-21)17-32-35(27)2)33-30(34)23-15-31(16-23)18-36(19-31)10-5-11-37/h3-9,12-14,17,23,38H,10,15-16,18-19H2,1-2H3. The number of fused-ring (bicyclic) bond motifs is 2. The molecule has 7 nitrogen and oxygen atoms in total. The molecule has 190 valence electrons. The van der Waals surface area contributed by atoms with E-state index in [0.29, 0.717) is 17.9 Å². The van der Waals surface area contributed by atoms with Crippen LogP contribution in [0.25, 0.3) is 44.2 Å². The van der Waals surface area contributed by atoms with Crippen molar-refractivity contribution in [2.24, 2.45) is 19.5 Å². The van der Waals surface area contributed by atoms with Gasteiger partial charge in [0.05, 0.1) is 23.1 Å². The predicted molar refractivity (Wildman–Crippen MR) is 149 cm³/mol. The maximum absolute atomic E-state index is 10.7. The highest BCUT2D eigenvalue weighted by molar-refractivity contribution is 6.00. The molecule has 2 aliphatic rings. The lowest BCUT2D eigenvalue weighted by Crippen LogP contribution is -2.61. The van der Waals surface area contributed by atoms with Crippen LogP contribution in [-0.4, -0.2) is 54.9 Å². The van der Waals surface area contributed by atoms with E-state index < -0.39 is 0 Å². The molecule has 5 aromatic rings. The SMILES string of the molecule is Cn1c(C2CC3(C2)CN(CC=C=O)C3)nc(-c2ccc3c(cnn3C)c2)c1-c1cc(O)cc2ccccc12. The van der Waals surface area contributed by atoms with Gasteiger partial charge in [0.25, 0.3) is 0 Å². The zero-order valence-electron chi connectivity index (χ0n) is 21.6. The number of hydrogen-bond donors (Lipinski definition) is 1. The van der Waals surface area contributed by atoms with E-state index in [9.17, 15) is 9.90 Å². The third-order valence-electron chi connectivity index (χ3n) is 8.53. The first-order valence-electron chi connectivity index (χ1n) is 13.1. The summed E-state index contributed by atoms with van der Waals surface area (Å²) in [5.41, 5.74) is 5.38. The van der Waals surface area contributed by atoms with Crippen molar-refractivity contribution in [2.75, 3.05) is 19.6 Å². The van der Waals surface area contributed by atoms with Crippen LogP contribution in [-0.2, 0) is 18.9 Å². The summed E-state index contributed by atoms with van der Waals surface area (Å²) in [5, 5.41) is 18.3. The number of aryl methyl sites for hydroxylation is 1. The second-order valence-corrected chi connectivity index (χ2v) is 11.1. The summed E-state index contributed by atoms with van der Waals surface area (Å²) in [7, 11) is 4.06. The smallest absolute Gasteiger partial charge is 0.121 e. The van der Waals surface area contributed by atoms with Crippen LogP contribution in [0.2, 0.25) is 0 Å². The van der Waals surface area contributed by atoms with Crippen molar-refractivity contribution in [3.05, 3.63) is 72.7 Å². The summed E-state index contributed by atoms with van der Waals surface area (Å²) in [5.74, 6) is 3.60. The Bertz CT molecular complexity index is 1760. The van der Waals surface area contributed by atoms with E-state index in [2.05, 4.69) is 45.9 Å². The average Bonchev–Trinajstić information content (AvgIpc) is 3.41. The summed E-state index contributed by atoms with van der Waals surface area (Å²) in [4.78, 5) is 18.2. The Labute approximate surface area is 220 Å². The Morgan fingerprint density at radius 2 is 1.89 bits per heavy atom. The van der Waals surface area contributed by atoms with Crippen molar-refractivity contribution in [3.63, 3.8) is 0 Å². The van der Waals surface area contributed by atoms with Crippen LogP contribution in [0.4, 0.5) is 0 Å². The highest BCUT2D eigenvalue weighted by Gasteiger charge is 2.53. The van der Waals surface area contributed by atoms with E-state index >= 15 is 0 Å². The van der Waals surface area contributed by atoms with E-state index in [1.165, 1.54) is 0 Å². The van der Waals surface area contributed by atoms with E-state index in [1.807, 2.05) is 54.2 Å². The maximum atomic E-state index is 10.7. The molecule has 1 N–H and O–H groups in total. The van der Waals surface area contributed by atoms with Gasteiger partial charge in [0.15, 0.2) is 0 Å². The molecule has 2 aromatic heterocycles. The lowest BCUT2D eigenvalue weighted by molar-refractivity contribution is -0.0687. The summed E-state index contributed by atoms with van der Waals surface area (Å²) in [6.45, 7) is 2.75. The molecule has 38 heavy (non-hydrogen) atoms. The first-order valence-corrected chi connectivity index (χ1v) is 13.1. The third kappa shape index (κ3) is 3.51. The number of likely N-dealkylation sites (tertiary alicyclic amines) is 1. The van der Waals surface area contributed by atoms with Crippen LogP contribution >= 0.6 is 0 Å². The van der Waals surface area contributed by atoms with Gasteiger partial charge < -0.3 is 9.67 Å². The van der Waals surface area contributed by atoms with Gasteiger partial charge in [0.2, 0.25) is 0 Å². The van der Waals surface area contributed by atoms with Crippen molar-refractivity contribution in [1.82, 2.24) is 24.2 Å². The van der Waals surface area contributed by atoms with E-state index in [-0.39, 0.29) is 5.75 Å². The Kier molecular flexibility index (Phi) is 5.09. The highest BCUT2D eigenvalue weighted by atomic mass is 16.3. The molecule has 2 fully saturated rings. The summed E-state index contributed by atoms with van der Waals surface area (Å²) >= 11 is 0. The first-order chi connectivity index (χ1) is 18.4. The number of phenols is 1. The van der Waals surface area contributed by atoms with Gasteiger partial charge in [0.1, 0.15) is 17.5 Å². The van der Waals surface area contributed by atoms with Crippen molar-refractivity contribution >= 4 is 27.6 Å². The molecule has 1 aliphatic carbocycles. The Balaban J connectivity index is 1.34. The van der Waals surface area contributed by atoms with E-state index in [1.54, 1.807) is 6.08 Å². The summed E-state index contributed by atoms with van der Waals surface area (Å²) in [6, 6.07) is 18.3. The molecular formula is C31H29N5O2. The van der Waals surface area contributed by atoms with Gasteiger partial charge in [0, 0.05) is 62.2 Å².